The van der Waals surface area contributed by atoms with Crippen LogP contribution < -0.4 is 15.4 Å². The standard InChI is InChI=1S/C21H34N2O4/c1-7-26-18-10-8-16(9-11-18)13-19(24)22-14-17(12-15(2)3)23-20(25)27-21(4,5)6/h8-11,15,17H,7,12-14H2,1-6H3,(H,22,24)(H,23,25)/t17-/m0/s1. The van der Waals surface area contributed by atoms with Gasteiger partial charge in [-0.3, -0.25) is 4.79 Å². The fraction of sp³-hybridized carbons (Fsp3) is 0.619. The number of carbonyl (C=O) groups is 2. The normalized spacial score (nSPS) is 12.4. The Kier molecular flexibility index (Phi) is 9.12. The molecule has 0 unspecified atom stereocenters. The first-order valence-electron chi connectivity index (χ1n) is 9.57. The van der Waals surface area contributed by atoms with Gasteiger partial charge < -0.3 is 20.1 Å². The van der Waals surface area contributed by atoms with Gasteiger partial charge in [0.2, 0.25) is 5.91 Å². The van der Waals surface area contributed by atoms with E-state index in [0.717, 1.165) is 17.7 Å². The van der Waals surface area contributed by atoms with Crippen LogP contribution in [0.1, 0.15) is 53.5 Å². The van der Waals surface area contributed by atoms with Crippen LogP contribution >= 0.6 is 0 Å². The van der Waals surface area contributed by atoms with Crippen molar-refractivity contribution in [1.29, 1.82) is 0 Å². The second-order valence-corrected chi connectivity index (χ2v) is 8.03. The van der Waals surface area contributed by atoms with E-state index in [4.69, 9.17) is 9.47 Å². The quantitative estimate of drug-likeness (QED) is 0.687. The maximum absolute atomic E-state index is 12.2. The van der Waals surface area contributed by atoms with E-state index in [1.165, 1.54) is 0 Å². The molecule has 0 radical (unpaired) electrons. The third-order valence-corrected chi connectivity index (χ3v) is 3.62. The number of carbonyl (C=O) groups excluding carboxylic acids is 2. The Hall–Kier alpha value is -2.24. The molecule has 2 amide bonds. The molecule has 152 valence electrons. The van der Waals surface area contributed by atoms with Crippen molar-refractivity contribution in [3.8, 4) is 5.75 Å². The lowest BCUT2D eigenvalue weighted by atomic mass is 10.0. The van der Waals surface area contributed by atoms with Crippen molar-refractivity contribution in [2.45, 2.75) is 66.0 Å². The Balaban J connectivity index is 2.53. The molecule has 0 saturated carbocycles. The lowest BCUT2D eigenvalue weighted by Crippen LogP contribution is -2.46. The average molecular weight is 379 g/mol. The third kappa shape index (κ3) is 10.5. The number of ether oxygens (including phenoxy) is 2. The molecular weight excluding hydrogens is 344 g/mol. The summed E-state index contributed by atoms with van der Waals surface area (Å²) < 4.78 is 10.7. The van der Waals surface area contributed by atoms with Crippen LogP contribution in [0, 0.1) is 5.92 Å². The van der Waals surface area contributed by atoms with Crippen LogP contribution in [0.25, 0.3) is 0 Å². The van der Waals surface area contributed by atoms with Crippen LogP contribution in [-0.4, -0.2) is 36.8 Å². The van der Waals surface area contributed by atoms with Crippen LogP contribution in [-0.2, 0) is 16.0 Å². The molecule has 6 nitrogen and oxygen atoms in total. The smallest absolute Gasteiger partial charge is 0.407 e. The highest BCUT2D eigenvalue weighted by molar-refractivity contribution is 5.78. The lowest BCUT2D eigenvalue weighted by Gasteiger charge is -2.25. The van der Waals surface area contributed by atoms with Crippen LogP contribution in [0.5, 0.6) is 5.75 Å². The van der Waals surface area contributed by atoms with E-state index in [9.17, 15) is 9.59 Å². The van der Waals surface area contributed by atoms with Crippen LogP contribution in [0.3, 0.4) is 0 Å². The molecule has 27 heavy (non-hydrogen) atoms. The van der Waals surface area contributed by atoms with Crippen molar-refractivity contribution in [2.24, 2.45) is 5.92 Å². The summed E-state index contributed by atoms with van der Waals surface area (Å²) in [4.78, 5) is 24.3. The maximum atomic E-state index is 12.2. The molecule has 0 aliphatic heterocycles. The molecule has 1 rings (SSSR count). The summed E-state index contributed by atoms with van der Waals surface area (Å²) >= 11 is 0. The molecule has 0 aromatic heterocycles. The van der Waals surface area contributed by atoms with Crippen molar-refractivity contribution < 1.29 is 19.1 Å². The van der Waals surface area contributed by atoms with E-state index in [1.807, 2.05) is 52.0 Å². The molecule has 0 bridgehead atoms. The average Bonchev–Trinajstić information content (AvgIpc) is 2.52. The van der Waals surface area contributed by atoms with E-state index < -0.39 is 11.7 Å². The van der Waals surface area contributed by atoms with Crippen LogP contribution in [0.15, 0.2) is 24.3 Å². The minimum absolute atomic E-state index is 0.0843. The molecule has 6 heteroatoms. The zero-order chi connectivity index (χ0) is 20.4. The monoisotopic (exact) mass is 378 g/mol. The predicted octanol–water partition coefficient (Wildman–Crippen LogP) is 3.68. The SMILES string of the molecule is CCOc1ccc(CC(=O)NC[C@H](CC(C)C)NC(=O)OC(C)(C)C)cc1. The molecule has 0 heterocycles. The number of nitrogens with one attached hydrogen (secondary N) is 2. The van der Waals surface area contributed by atoms with Crippen molar-refractivity contribution >= 4 is 12.0 Å². The number of alkyl carbamates (subject to hydrolysis) is 1. The van der Waals surface area contributed by atoms with Gasteiger partial charge in [-0.15, -0.1) is 0 Å². The van der Waals surface area contributed by atoms with E-state index in [0.29, 0.717) is 19.1 Å². The Morgan fingerprint density at radius 3 is 2.26 bits per heavy atom. The van der Waals surface area contributed by atoms with Gasteiger partial charge in [0.25, 0.3) is 0 Å². The largest absolute Gasteiger partial charge is 0.494 e. The predicted molar refractivity (Wildman–Crippen MR) is 107 cm³/mol. The summed E-state index contributed by atoms with van der Waals surface area (Å²) in [7, 11) is 0. The number of hydrogen-bond donors (Lipinski definition) is 2. The van der Waals surface area contributed by atoms with E-state index in [-0.39, 0.29) is 18.4 Å². The summed E-state index contributed by atoms with van der Waals surface area (Å²) in [6, 6.07) is 7.31. The second kappa shape index (κ2) is 10.8. The topological polar surface area (TPSA) is 76.7 Å². The molecule has 1 aromatic carbocycles. The zero-order valence-electron chi connectivity index (χ0n) is 17.4. The fourth-order valence-electron chi connectivity index (χ4n) is 2.59. The Bertz CT molecular complexity index is 591. The van der Waals surface area contributed by atoms with E-state index >= 15 is 0 Å². The molecule has 1 aromatic rings. The van der Waals surface area contributed by atoms with Crippen molar-refractivity contribution in [3.63, 3.8) is 0 Å². The van der Waals surface area contributed by atoms with Gasteiger partial charge in [0, 0.05) is 12.6 Å². The third-order valence-electron chi connectivity index (χ3n) is 3.62. The Morgan fingerprint density at radius 2 is 1.74 bits per heavy atom. The molecule has 0 saturated heterocycles. The lowest BCUT2D eigenvalue weighted by molar-refractivity contribution is -0.120. The first kappa shape index (κ1) is 22.8. The van der Waals surface area contributed by atoms with Crippen LogP contribution in [0.2, 0.25) is 0 Å². The van der Waals surface area contributed by atoms with Crippen molar-refractivity contribution in [3.05, 3.63) is 29.8 Å². The summed E-state index contributed by atoms with van der Waals surface area (Å²) in [5.41, 5.74) is 0.361. The summed E-state index contributed by atoms with van der Waals surface area (Å²) in [5.74, 6) is 1.09. The minimum Gasteiger partial charge on any atom is -0.494 e. The van der Waals surface area contributed by atoms with E-state index in [1.54, 1.807) is 0 Å². The molecule has 2 N–H and O–H groups in total. The van der Waals surface area contributed by atoms with Gasteiger partial charge in [-0.25, -0.2) is 4.79 Å². The first-order chi connectivity index (χ1) is 12.6. The van der Waals surface area contributed by atoms with Gasteiger partial charge in [0.1, 0.15) is 11.4 Å². The molecule has 1 atom stereocenters. The van der Waals surface area contributed by atoms with Crippen LogP contribution in [0.4, 0.5) is 4.79 Å². The number of amides is 2. The number of benzene rings is 1. The van der Waals surface area contributed by atoms with Gasteiger partial charge in [-0.2, -0.15) is 0 Å². The van der Waals surface area contributed by atoms with Crippen molar-refractivity contribution in [1.82, 2.24) is 10.6 Å². The molecule has 0 fully saturated rings. The van der Waals surface area contributed by atoms with Gasteiger partial charge >= 0.3 is 6.09 Å². The fourth-order valence-corrected chi connectivity index (χ4v) is 2.59. The zero-order valence-corrected chi connectivity index (χ0v) is 17.4. The molecule has 0 aliphatic rings. The summed E-state index contributed by atoms with van der Waals surface area (Å²) in [6.07, 6.45) is 0.574. The maximum Gasteiger partial charge on any atom is 0.407 e. The first-order valence-corrected chi connectivity index (χ1v) is 9.57. The Morgan fingerprint density at radius 1 is 1.11 bits per heavy atom. The molecule has 0 spiro atoms. The highest BCUT2D eigenvalue weighted by Gasteiger charge is 2.20. The van der Waals surface area contributed by atoms with Gasteiger partial charge in [0.15, 0.2) is 0 Å². The van der Waals surface area contributed by atoms with Crippen molar-refractivity contribution in [2.75, 3.05) is 13.2 Å². The summed E-state index contributed by atoms with van der Waals surface area (Å²) in [5, 5.41) is 5.76. The van der Waals surface area contributed by atoms with E-state index in [2.05, 4.69) is 24.5 Å². The molecule has 0 aliphatic carbocycles. The Labute approximate surface area is 163 Å². The molecular formula is C21H34N2O4. The second-order valence-electron chi connectivity index (χ2n) is 8.03. The number of hydrogen-bond acceptors (Lipinski definition) is 4. The summed E-state index contributed by atoms with van der Waals surface area (Å²) in [6.45, 7) is 12.5. The van der Waals surface area contributed by atoms with Gasteiger partial charge in [-0.1, -0.05) is 26.0 Å². The van der Waals surface area contributed by atoms with Gasteiger partial charge in [0.05, 0.1) is 13.0 Å². The highest BCUT2D eigenvalue weighted by atomic mass is 16.6. The number of rotatable bonds is 9. The van der Waals surface area contributed by atoms with Gasteiger partial charge in [-0.05, 0) is 57.7 Å². The highest BCUT2D eigenvalue weighted by Crippen LogP contribution is 2.13. The minimum atomic E-state index is -0.552.